The van der Waals surface area contributed by atoms with E-state index in [2.05, 4.69) is 0 Å². The van der Waals surface area contributed by atoms with Crippen LogP contribution >= 0.6 is 0 Å². The van der Waals surface area contributed by atoms with Gasteiger partial charge >= 0.3 is 12.2 Å². The summed E-state index contributed by atoms with van der Waals surface area (Å²) in [5.41, 5.74) is -1.40. The van der Waals surface area contributed by atoms with Gasteiger partial charge < -0.3 is 19.5 Å². The van der Waals surface area contributed by atoms with E-state index in [4.69, 9.17) is 9.47 Å². The number of hydrogen-bond acceptors (Lipinski definition) is 6. The number of piperazine rings is 1. The Hall–Kier alpha value is -3.11. The normalized spacial score (nSPS) is 24.7. The smallest absolute Gasteiger partial charge is 0.411 e. The van der Waals surface area contributed by atoms with Crippen molar-refractivity contribution in [2.24, 2.45) is 0 Å². The Morgan fingerprint density at radius 3 is 2.13 bits per heavy atom. The Morgan fingerprint density at radius 1 is 1.00 bits per heavy atom. The van der Waals surface area contributed by atoms with Crippen molar-refractivity contribution >= 4 is 18.1 Å². The first kappa shape index (κ1) is 27.9. The van der Waals surface area contributed by atoms with Gasteiger partial charge in [-0.2, -0.15) is 0 Å². The molecular formula is C27H37F2N3O6. The minimum atomic E-state index is -1.08. The van der Waals surface area contributed by atoms with Crippen molar-refractivity contribution in [2.45, 2.75) is 96.1 Å². The number of phenolic OH excluding ortho intramolecular Hbond substituents is 1. The number of ether oxygens (including phenoxy) is 2. The fourth-order valence-electron chi connectivity index (χ4n) is 5.33. The molecule has 11 heteroatoms. The van der Waals surface area contributed by atoms with Gasteiger partial charge in [0.2, 0.25) is 5.91 Å². The highest BCUT2D eigenvalue weighted by Crippen LogP contribution is 2.49. The highest BCUT2D eigenvalue weighted by molar-refractivity contribution is 5.83. The van der Waals surface area contributed by atoms with Gasteiger partial charge in [-0.15, -0.1) is 0 Å². The van der Waals surface area contributed by atoms with Gasteiger partial charge in [-0.3, -0.25) is 14.6 Å². The lowest BCUT2D eigenvalue weighted by Gasteiger charge is -2.41. The molecule has 0 radical (unpaired) electrons. The summed E-state index contributed by atoms with van der Waals surface area (Å²) >= 11 is 0. The Balaban J connectivity index is 1.48. The van der Waals surface area contributed by atoms with Crippen molar-refractivity contribution in [3.8, 4) is 5.75 Å². The van der Waals surface area contributed by atoms with Crippen molar-refractivity contribution < 1.29 is 37.7 Å². The molecule has 0 spiro atoms. The van der Waals surface area contributed by atoms with Crippen LogP contribution in [0.2, 0.25) is 0 Å². The third-order valence-electron chi connectivity index (χ3n) is 6.99. The number of rotatable bonds is 4. The predicted molar refractivity (Wildman–Crippen MR) is 134 cm³/mol. The lowest BCUT2D eigenvalue weighted by molar-refractivity contribution is -0.136. The second-order valence-electron chi connectivity index (χ2n) is 12.4. The van der Waals surface area contributed by atoms with Gasteiger partial charge in [0.15, 0.2) is 11.6 Å². The van der Waals surface area contributed by atoms with Crippen molar-refractivity contribution in [1.29, 1.82) is 0 Å². The van der Waals surface area contributed by atoms with E-state index in [-0.39, 0.29) is 30.1 Å². The van der Waals surface area contributed by atoms with Crippen LogP contribution in [0.4, 0.5) is 18.4 Å². The summed E-state index contributed by atoms with van der Waals surface area (Å²) in [7, 11) is 0. The van der Waals surface area contributed by atoms with Gasteiger partial charge in [0.1, 0.15) is 23.6 Å². The van der Waals surface area contributed by atoms with Crippen LogP contribution in [-0.4, -0.2) is 86.9 Å². The molecule has 210 valence electrons. The first-order valence-corrected chi connectivity index (χ1v) is 13.0. The van der Waals surface area contributed by atoms with E-state index in [9.17, 15) is 28.3 Å². The lowest BCUT2D eigenvalue weighted by Crippen LogP contribution is -2.59. The van der Waals surface area contributed by atoms with E-state index in [1.165, 1.54) is 4.90 Å². The Labute approximate surface area is 221 Å². The number of halogens is 2. The maximum absolute atomic E-state index is 14.0. The molecule has 1 aromatic rings. The topological polar surface area (TPSA) is 99.6 Å². The Morgan fingerprint density at radius 2 is 1.58 bits per heavy atom. The molecule has 1 aliphatic carbocycles. The van der Waals surface area contributed by atoms with Crippen LogP contribution in [-0.2, 0) is 14.3 Å². The van der Waals surface area contributed by atoms with E-state index >= 15 is 0 Å². The summed E-state index contributed by atoms with van der Waals surface area (Å²) in [5, 5.41) is 10.2. The van der Waals surface area contributed by atoms with E-state index in [0.29, 0.717) is 25.6 Å². The largest absolute Gasteiger partial charge is 0.505 e. The zero-order chi connectivity index (χ0) is 28.2. The van der Waals surface area contributed by atoms with Crippen LogP contribution < -0.4 is 0 Å². The molecule has 4 atom stereocenters. The van der Waals surface area contributed by atoms with Crippen molar-refractivity contribution in [1.82, 2.24) is 14.7 Å². The zero-order valence-electron chi connectivity index (χ0n) is 22.8. The standard InChI is InChI=1S/C27H37F2N3O6/c1-26(2,3)37-24(35)31(21-11-18(21)19-9-15(28)10-20(29)23(19)34)14-22(33)30-12-16-7-8-17(13-30)32(16)25(36)38-27(4,5)6/h9-10,16-18,21,34H,7-8,11-14H2,1-6H3/t16?,17?,18-,21+/m0/s1. The Kier molecular flexibility index (Phi) is 7.26. The van der Waals surface area contributed by atoms with E-state index in [1.54, 1.807) is 51.3 Å². The average molecular weight is 538 g/mol. The minimum Gasteiger partial charge on any atom is -0.505 e. The van der Waals surface area contributed by atoms with Crippen LogP contribution in [0.5, 0.6) is 5.75 Å². The number of benzene rings is 1. The molecule has 1 aromatic carbocycles. The van der Waals surface area contributed by atoms with E-state index in [0.717, 1.165) is 18.9 Å². The number of hydrogen-bond donors (Lipinski definition) is 1. The number of nitrogens with zero attached hydrogens (tertiary/aromatic N) is 3. The molecule has 2 bridgehead atoms. The highest BCUT2D eigenvalue weighted by Gasteiger charge is 2.50. The van der Waals surface area contributed by atoms with Crippen molar-refractivity contribution in [2.75, 3.05) is 19.6 Å². The molecule has 2 aliphatic heterocycles. The monoisotopic (exact) mass is 537 g/mol. The van der Waals surface area contributed by atoms with Gasteiger partial charge in [-0.25, -0.2) is 18.4 Å². The number of aromatic hydroxyl groups is 1. The van der Waals surface area contributed by atoms with Gasteiger partial charge in [0, 0.05) is 36.7 Å². The molecule has 0 aromatic heterocycles. The molecule has 9 nitrogen and oxygen atoms in total. The number of amides is 3. The molecule has 4 rings (SSSR count). The molecule has 1 saturated carbocycles. The second-order valence-corrected chi connectivity index (χ2v) is 12.4. The summed E-state index contributed by atoms with van der Waals surface area (Å²) in [5.74, 6) is -3.43. The number of fused-ring (bicyclic) bond motifs is 2. The zero-order valence-corrected chi connectivity index (χ0v) is 22.8. The fraction of sp³-hybridized carbons (Fsp3) is 0.667. The van der Waals surface area contributed by atoms with Crippen LogP contribution in [0, 0.1) is 11.6 Å². The lowest BCUT2D eigenvalue weighted by atomic mass is 10.1. The van der Waals surface area contributed by atoms with Crippen LogP contribution in [0.1, 0.15) is 72.3 Å². The third kappa shape index (κ3) is 6.13. The predicted octanol–water partition coefficient (Wildman–Crippen LogP) is 4.37. The SMILES string of the molecule is CC(C)(C)OC(=O)N1C2CCC1CN(C(=O)CN(C(=O)OC(C)(C)C)[C@@H]1C[C@H]1c1cc(F)cc(F)c1O)C2. The first-order valence-electron chi connectivity index (χ1n) is 13.0. The fourth-order valence-corrected chi connectivity index (χ4v) is 5.33. The second kappa shape index (κ2) is 9.89. The molecule has 2 heterocycles. The summed E-state index contributed by atoms with van der Waals surface area (Å²) in [4.78, 5) is 44.0. The molecule has 3 fully saturated rings. The number of carbonyl (C=O) groups is 3. The molecule has 3 amide bonds. The van der Waals surface area contributed by atoms with Gasteiger partial charge in [0.05, 0.1) is 12.1 Å². The van der Waals surface area contributed by atoms with Gasteiger partial charge in [-0.1, -0.05) is 0 Å². The molecule has 2 saturated heterocycles. The maximum Gasteiger partial charge on any atom is 0.411 e. The summed E-state index contributed by atoms with van der Waals surface area (Å²) < 4.78 is 38.9. The van der Waals surface area contributed by atoms with Crippen LogP contribution in [0.25, 0.3) is 0 Å². The minimum absolute atomic E-state index is 0.0533. The van der Waals surface area contributed by atoms with Crippen molar-refractivity contribution in [3.63, 3.8) is 0 Å². The first-order chi connectivity index (χ1) is 17.5. The van der Waals surface area contributed by atoms with E-state index < -0.39 is 52.7 Å². The average Bonchev–Trinajstić information content (AvgIpc) is 3.50. The van der Waals surface area contributed by atoms with Crippen molar-refractivity contribution in [3.05, 3.63) is 29.3 Å². The quantitative estimate of drug-likeness (QED) is 0.612. The number of phenols is 1. The third-order valence-corrected chi connectivity index (χ3v) is 6.99. The highest BCUT2D eigenvalue weighted by atomic mass is 19.1. The van der Waals surface area contributed by atoms with Gasteiger partial charge in [0.25, 0.3) is 0 Å². The van der Waals surface area contributed by atoms with Crippen LogP contribution in [0.15, 0.2) is 12.1 Å². The van der Waals surface area contributed by atoms with Crippen LogP contribution in [0.3, 0.4) is 0 Å². The van der Waals surface area contributed by atoms with Gasteiger partial charge in [-0.05, 0) is 66.9 Å². The molecule has 1 N–H and O–H groups in total. The Bertz CT molecular complexity index is 1100. The molecule has 2 unspecified atom stereocenters. The maximum atomic E-state index is 14.0. The molecular weight excluding hydrogens is 500 g/mol. The number of carbonyl (C=O) groups excluding carboxylic acids is 3. The summed E-state index contributed by atoms with van der Waals surface area (Å²) in [6, 6.07) is 0.718. The number of likely N-dealkylation sites (tertiary alicyclic amines) is 1. The molecule has 3 aliphatic rings. The summed E-state index contributed by atoms with van der Waals surface area (Å²) in [6.07, 6.45) is 0.707. The summed E-state index contributed by atoms with van der Waals surface area (Å²) in [6.45, 7) is 10.9. The molecule has 38 heavy (non-hydrogen) atoms. The van der Waals surface area contributed by atoms with E-state index in [1.807, 2.05) is 0 Å².